The van der Waals surface area contributed by atoms with Crippen molar-refractivity contribution in [1.82, 2.24) is 39.6 Å². The molecule has 19 nitrogen and oxygen atoms in total. The van der Waals surface area contributed by atoms with Crippen LogP contribution in [0.15, 0.2) is 121 Å². The molecule has 0 aliphatic carbocycles. The zero-order valence-electron chi connectivity index (χ0n) is 66.7. The number of likely N-dealkylation sites (N-methyl/N-ethyl adjacent to an activating group) is 2. The van der Waals surface area contributed by atoms with Crippen molar-refractivity contribution in [2.75, 3.05) is 165 Å². The molecule has 5 heterocycles. The summed E-state index contributed by atoms with van der Waals surface area (Å²) in [7, 11) is -0.488. The molecule has 578 valence electrons. The van der Waals surface area contributed by atoms with Crippen molar-refractivity contribution in [3.63, 3.8) is 0 Å². The Morgan fingerprint density at radius 3 is 1.21 bits per heavy atom. The second kappa shape index (κ2) is 39.4. The number of nitrogens with zero attached hydrogens (tertiary/aromatic N) is 7. The predicted molar refractivity (Wildman–Crippen MR) is 432 cm³/mol. The zero-order valence-corrected chi connectivity index (χ0v) is 68.4. The Hall–Kier alpha value is -6.43. The third-order valence-electron chi connectivity index (χ3n) is 19.7. The molecule has 4 N–H and O–H groups in total. The Bertz CT molecular complexity index is 3630. The number of morpholine rings is 1. The van der Waals surface area contributed by atoms with Crippen LogP contribution in [0.5, 0.6) is 0 Å². The molecule has 0 aromatic heterocycles. The molecule has 5 aliphatic heterocycles. The van der Waals surface area contributed by atoms with E-state index in [9.17, 15) is 31.2 Å². The lowest BCUT2D eigenvalue weighted by Gasteiger charge is -2.32. The molecule has 5 aromatic carbocycles. The number of ether oxygens (including phenoxy) is 1. The maximum atomic E-state index is 12.7. The van der Waals surface area contributed by atoms with Gasteiger partial charge in [-0.25, -0.2) is 21.6 Å². The number of piperazine rings is 1. The molecule has 0 saturated carbocycles. The van der Waals surface area contributed by atoms with Crippen LogP contribution >= 0.6 is 0 Å². The van der Waals surface area contributed by atoms with Crippen molar-refractivity contribution in [3.05, 3.63) is 160 Å². The lowest BCUT2D eigenvalue weighted by atomic mass is 9.86. The maximum absolute atomic E-state index is 12.7. The molecule has 5 saturated heterocycles. The standard InChI is InChI=1S/C20H31N3O.C17H29N3O2S.C16H26N2O2S.C15H24N2O.C15H21NO2/c1-20(2,3)16-8-10-17(11-9-16)21-19(24)23-14-6-7-18(23)15-22-12-4-5-13-22;1-17(2,3)15-5-7-16(8-6-15)18-23(21,22)14-13-20-11-9-19(4)10-12-20;1-16(2,3)14-6-8-15(9-7-14)17-21(19,20)13-12-18-10-4-5-11-18;1-15(2,3)13-8-6-12(7-9-13)14(18)16-10-11-17(4)5;1-15(2,3)13-6-4-12(5-7-13)14(17)16-8-10-18-11-9-16/h8-11,18H,4-7,12-15H2,1-3H3,(H,21,24);5-8,18H,9-14H2,1-4H3;6-9,17H,4-5,10-13H2,1-3H3;6-9H,10-11H2,1-5H3,(H,16,18);4-7H,8-11H2,1-3H3/t18-;;;;/m1..../s1. The van der Waals surface area contributed by atoms with Gasteiger partial charge in [-0.2, -0.15) is 0 Å². The second-order valence-corrected chi connectivity index (χ2v) is 37.7. The van der Waals surface area contributed by atoms with Crippen LogP contribution in [0.2, 0.25) is 0 Å². The molecule has 21 heteroatoms. The van der Waals surface area contributed by atoms with E-state index >= 15 is 0 Å². The van der Waals surface area contributed by atoms with Crippen molar-refractivity contribution >= 4 is 55.0 Å². The van der Waals surface area contributed by atoms with Gasteiger partial charge in [-0.3, -0.25) is 23.9 Å². The minimum Gasteiger partial charge on any atom is -0.378 e. The Balaban J connectivity index is 0.000000205. The maximum Gasteiger partial charge on any atom is 0.322 e. The molecule has 5 aromatic rings. The lowest BCUT2D eigenvalue weighted by Crippen LogP contribution is -2.46. The van der Waals surface area contributed by atoms with E-state index in [4.69, 9.17) is 4.74 Å². The fourth-order valence-electron chi connectivity index (χ4n) is 12.6. The van der Waals surface area contributed by atoms with Gasteiger partial charge in [0.25, 0.3) is 11.8 Å². The second-order valence-electron chi connectivity index (χ2n) is 34.1. The van der Waals surface area contributed by atoms with Gasteiger partial charge in [0.2, 0.25) is 20.0 Å². The number of nitrogens with one attached hydrogen (secondary N) is 4. The van der Waals surface area contributed by atoms with Gasteiger partial charge < -0.3 is 44.8 Å². The number of sulfonamides is 2. The fourth-order valence-corrected chi connectivity index (χ4v) is 14.8. The van der Waals surface area contributed by atoms with Gasteiger partial charge in [-0.05, 0) is 201 Å². The van der Waals surface area contributed by atoms with Gasteiger partial charge in [0.1, 0.15) is 0 Å². The van der Waals surface area contributed by atoms with Gasteiger partial charge in [0.15, 0.2) is 0 Å². The largest absolute Gasteiger partial charge is 0.378 e. The van der Waals surface area contributed by atoms with Crippen LogP contribution in [-0.4, -0.2) is 226 Å². The molecule has 5 fully saturated rings. The highest BCUT2D eigenvalue weighted by Crippen LogP contribution is 2.29. The first-order chi connectivity index (χ1) is 48.6. The van der Waals surface area contributed by atoms with Crippen LogP contribution in [-0.2, 0) is 51.9 Å². The van der Waals surface area contributed by atoms with E-state index in [0.717, 1.165) is 88.6 Å². The smallest absolute Gasteiger partial charge is 0.322 e. The number of anilines is 3. The normalized spacial score (nSPS) is 17.5. The lowest BCUT2D eigenvalue weighted by molar-refractivity contribution is 0.0303. The number of urea groups is 1. The van der Waals surface area contributed by atoms with E-state index in [2.05, 4.69) is 163 Å². The Morgan fingerprint density at radius 1 is 0.452 bits per heavy atom. The minimum atomic E-state index is -3.30. The Kier molecular flexibility index (Phi) is 32.8. The van der Waals surface area contributed by atoms with E-state index in [1.807, 2.05) is 138 Å². The van der Waals surface area contributed by atoms with Crippen molar-refractivity contribution < 1.29 is 36.0 Å². The molecule has 1 atom stereocenters. The van der Waals surface area contributed by atoms with Crippen LogP contribution in [0.25, 0.3) is 0 Å². The van der Waals surface area contributed by atoms with Crippen molar-refractivity contribution in [3.8, 4) is 0 Å². The summed E-state index contributed by atoms with van der Waals surface area (Å²) in [5.74, 6) is 0.405. The number of rotatable bonds is 18. The van der Waals surface area contributed by atoms with E-state index in [0.29, 0.717) is 63.4 Å². The number of hydrogen-bond acceptors (Lipinski definition) is 13. The number of carbonyl (C=O) groups is 3. The molecule has 4 amide bonds. The van der Waals surface area contributed by atoms with Gasteiger partial charge in [-0.1, -0.05) is 165 Å². The summed E-state index contributed by atoms with van der Waals surface area (Å²) in [6, 6.07) is 39.8. The average molecular weight is 1480 g/mol. The fraction of sp³-hybridized carbons (Fsp3) is 0.602. The molecule has 0 bridgehead atoms. The number of hydrogen-bond donors (Lipinski definition) is 4. The molecular formula is C83H131N11O8S2. The highest BCUT2D eigenvalue weighted by Gasteiger charge is 2.32. The first kappa shape index (κ1) is 86.5. The van der Waals surface area contributed by atoms with Crippen LogP contribution < -0.4 is 20.1 Å². The van der Waals surface area contributed by atoms with E-state index in [1.165, 1.54) is 66.6 Å². The van der Waals surface area contributed by atoms with Crippen LogP contribution in [0, 0.1) is 0 Å². The summed E-state index contributed by atoms with van der Waals surface area (Å²) in [4.78, 5) is 51.9. The molecular weight excluding hydrogens is 1340 g/mol. The van der Waals surface area contributed by atoms with Crippen LogP contribution in [0.3, 0.4) is 0 Å². The zero-order chi connectivity index (χ0) is 76.7. The predicted octanol–water partition coefficient (Wildman–Crippen LogP) is 13.6. The summed E-state index contributed by atoms with van der Waals surface area (Å²) in [5.41, 5.74) is 10.4. The SMILES string of the molecule is CC(C)(C)c1ccc(C(=O)N2CCOCC2)cc1.CC(C)(C)c1ccc(NC(=O)N2CCC[C@@H]2CN2CCCC2)cc1.CC(C)(C)c1ccc(NS(=O)(=O)CCN2CCCC2)cc1.CN(C)CCNC(=O)c1ccc(C(C)(C)C)cc1.CN1CCN(CCS(=O)(=O)Nc2ccc(C(C)(C)C)cc2)CC1. The third-order valence-corrected chi connectivity index (χ3v) is 22.2. The molecule has 5 aliphatic rings. The summed E-state index contributed by atoms with van der Waals surface area (Å²) in [6.45, 7) is 48.1. The third kappa shape index (κ3) is 30.4. The van der Waals surface area contributed by atoms with Gasteiger partial charge in [0.05, 0.1) is 24.7 Å². The van der Waals surface area contributed by atoms with E-state index in [1.54, 1.807) is 0 Å². The summed E-state index contributed by atoms with van der Waals surface area (Å²) in [6.07, 6.45) is 7.23. The number of amides is 4. The first-order valence-electron chi connectivity index (χ1n) is 37.9. The topological polar surface area (TPSA) is 200 Å². The number of benzene rings is 5. The van der Waals surface area contributed by atoms with Crippen LogP contribution in [0.1, 0.15) is 191 Å². The van der Waals surface area contributed by atoms with Crippen molar-refractivity contribution in [2.24, 2.45) is 0 Å². The van der Waals surface area contributed by atoms with Gasteiger partial charge >= 0.3 is 6.03 Å². The quantitative estimate of drug-likeness (QED) is 0.0647. The Labute approximate surface area is 628 Å². The molecule has 104 heavy (non-hydrogen) atoms. The highest BCUT2D eigenvalue weighted by atomic mass is 32.2. The van der Waals surface area contributed by atoms with E-state index in [-0.39, 0.29) is 56.4 Å². The summed E-state index contributed by atoms with van der Waals surface area (Å²) in [5, 5.41) is 5.99. The van der Waals surface area contributed by atoms with Crippen LogP contribution in [0.4, 0.5) is 21.9 Å². The molecule has 10 rings (SSSR count). The monoisotopic (exact) mass is 1470 g/mol. The highest BCUT2D eigenvalue weighted by molar-refractivity contribution is 7.93. The van der Waals surface area contributed by atoms with Crippen molar-refractivity contribution in [1.29, 1.82) is 0 Å². The van der Waals surface area contributed by atoms with Gasteiger partial charge in [-0.15, -0.1) is 0 Å². The average Bonchev–Trinajstić information content (AvgIpc) is 1.21. The molecule has 0 radical (unpaired) electrons. The number of likely N-dealkylation sites (tertiary alicyclic amines) is 3. The first-order valence-corrected chi connectivity index (χ1v) is 41.2. The molecule has 0 spiro atoms. The summed E-state index contributed by atoms with van der Waals surface area (Å²) < 4.78 is 59.3. The van der Waals surface area contributed by atoms with E-state index < -0.39 is 20.0 Å². The van der Waals surface area contributed by atoms with Gasteiger partial charge in [0, 0.05) is 113 Å². The number of carbonyl (C=O) groups excluding carboxylic acids is 3. The van der Waals surface area contributed by atoms with Crippen molar-refractivity contribution in [2.45, 2.75) is 175 Å². The molecule has 0 unspecified atom stereocenters. The Morgan fingerprint density at radius 2 is 0.817 bits per heavy atom. The summed E-state index contributed by atoms with van der Waals surface area (Å²) >= 11 is 0. The minimum absolute atomic E-state index is 0.00249.